The van der Waals surface area contributed by atoms with Crippen LogP contribution in [0.2, 0.25) is 0 Å². The summed E-state index contributed by atoms with van der Waals surface area (Å²) < 4.78 is 5.34. The van der Waals surface area contributed by atoms with Gasteiger partial charge in [-0.05, 0) is 19.3 Å². The smallest absolute Gasteiger partial charge is 0.330 e. The average molecular weight is 201 g/mol. The number of hydrogen-bond donors (Lipinski definition) is 3. The van der Waals surface area contributed by atoms with E-state index in [-0.39, 0.29) is 12.0 Å². The first-order valence-electron chi connectivity index (χ1n) is 4.64. The predicted molar refractivity (Wildman–Crippen MR) is 49.1 cm³/mol. The second-order valence-corrected chi connectivity index (χ2v) is 3.21. The van der Waals surface area contributed by atoms with E-state index in [0.29, 0.717) is 12.8 Å². The maximum Gasteiger partial charge on any atom is 0.330 e. The summed E-state index contributed by atoms with van der Waals surface area (Å²) in [7, 11) is 0. The van der Waals surface area contributed by atoms with Crippen LogP contribution in [0.4, 0.5) is 4.79 Å². The Hall–Kier alpha value is -1.30. The topological polar surface area (TPSA) is 93.5 Å². The van der Waals surface area contributed by atoms with Crippen molar-refractivity contribution in [2.75, 3.05) is 6.61 Å². The van der Waals surface area contributed by atoms with Gasteiger partial charge in [-0.15, -0.1) is 0 Å². The third kappa shape index (κ3) is 4.08. The lowest BCUT2D eigenvalue weighted by atomic mass is 10.1. The van der Waals surface area contributed by atoms with E-state index in [9.17, 15) is 9.59 Å². The molecule has 1 aliphatic rings. The highest BCUT2D eigenvalue weighted by Crippen LogP contribution is 2.16. The fourth-order valence-electron chi connectivity index (χ4n) is 1.36. The Morgan fingerprint density at radius 3 is 2.79 bits per heavy atom. The van der Waals surface area contributed by atoms with Crippen molar-refractivity contribution >= 4 is 11.9 Å². The van der Waals surface area contributed by atoms with Crippen LogP contribution in [0.25, 0.3) is 0 Å². The molecular formula is C8H15N3O3. The van der Waals surface area contributed by atoms with Gasteiger partial charge in [0.15, 0.2) is 0 Å². The maximum atomic E-state index is 11.1. The Morgan fingerprint density at radius 1 is 1.43 bits per heavy atom. The summed E-state index contributed by atoms with van der Waals surface area (Å²) in [6.07, 6.45) is 3.29. The number of carbonyl (C=O) groups excluding carboxylic acids is 2. The molecule has 0 aromatic rings. The first kappa shape index (κ1) is 10.8. The molecule has 4 N–H and O–H groups in total. The monoisotopic (exact) mass is 201 g/mol. The molecule has 0 bridgehead atoms. The van der Waals surface area contributed by atoms with Gasteiger partial charge < -0.3 is 10.5 Å². The average Bonchev–Trinajstić information content (AvgIpc) is 2.63. The molecule has 0 aliphatic carbocycles. The van der Waals surface area contributed by atoms with Crippen LogP contribution < -0.4 is 16.6 Å². The van der Waals surface area contributed by atoms with Crippen LogP contribution in [0.15, 0.2) is 0 Å². The van der Waals surface area contributed by atoms with E-state index < -0.39 is 6.03 Å². The van der Waals surface area contributed by atoms with Gasteiger partial charge in [-0.25, -0.2) is 10.2 Å². The van der Waals surface area contributed by atoms with Crippen molar-refractivity contribution < 1.29 is 14.3 Å². The van der Waals surface area contributed by atoms with Gasteiger partial charge in [-0.2, -0.15) is 0 Å². The quantitative estimate of drug-likeness (QED) is 0.544. The molecule has 0 spiro atoms. The SMILES string of the molecule is NC(=O)NNC(=O)CCC1CCCO1. The molecule has 1 aliphatic heterocycles. The van der Waals surface area contributed by atoms with E-state index in [0.717, 1.165) is 19.4 Å². The number of hydrazine groups is 1. The summed E-state index contributed by atoms with van der Waals surface area (Å²) >= 11 is 0. The molecule has 3 amide bonds. The molecule has 6 heteroatoms. The highest BCUT2D eigenvalue weighted by atomic mass is 16.5. The Labute approximate surface area is 82.1 Å². The van der Waals surface area contributed by atoms with E-state index >= 15 is 0 Å². The number of hydrogen-bond acceptors (Lipinski definition) is 3. The van der Waals surface area contributed by atoms with Gasteiger partial charge in [-0.3, -0.25) is 10.2 Å². The molecule has 1 heterocycles. The number of ether oxygens (including phenoxy) is 1. The van der Waals surface area contributed by atoms with E-state index in [4.69, 9.17) is 10.5 Å². The van der Waals surface area contributed by atoms with Crippen LogP contribution in [0.3, 0.4) is 0 Å². The minimum absolute atomic E-state index is 0.189. The molecule has 0 saturated carbocycles. The van der Waals surface area contributed by atoms with Gasteiger partial charge >= 0.3 is 6.03 Å². The summed E-state index contributed by atoms with van der Waals surface area (Å²) in [5.41, 5.74) is 8.98. The van der Waals surface area contributed by atoms with Gasteiger partial charge in [0.05, 0.1) is 6.10 Å². The zero-order valence-corrected chi connectivity index (χ0v) is 7.91. The fourth-order valence-corrected chi connectivity index (χ4v) is 1.36. The van der Waals surface area contributed by atoms with Gasteiger partial charge in [0, 0.05) is 13.0 Å². The number of primary amides is 1. The van der Waals surface area contributed by atoms with Crippen LogP contribution in [-0.4, -0.2) is 24.6 Å². The summed E-state index contributed by atoms with van der Waals surface area (Å²) in [6.45, 7) is 0.784. The predicted octanol–water partition coefficient (Wildman–Crippen LogP) is -0.355. The Balaban J connectivity index is 2.05. The lowest BCUT2D eigenvalue weighted by Gasteiger charge is -2.08. The number of carbonyl (C=O) groups is 2. The van der Waals surface area contributed by atoms with Crippen LogP contribution in [0.5, 0.6) is 0 Å². The minimum Gasteiger partial charge on any atom is -0.378 e. The maximum absolute atomic E-state index is 11.1. The largest absolute Gasteiger partial charge is 0.378 e. The number of nitrogens with one attached hydrogen (secondary N) is 2. The second kappa shape index (κ2) is 5.43. The highest BCUT2D eigenvalue weighted by Gasteiger charge is 2.16. The summed E-state index contributed by atoms with van der Waals surface area (Å²) in [5, 5.41) is 0. The lowest BCUT2D eigenvalue weighted by molar-refractivity contribution is -0.122. The summed E-state index contributed by atoms with van der Waals surface area (Å²) in [6, 6.07) is -0.768. The first-order chi connectivity index (χ1) is 6.68. The molecule has 14 heavy (non-hydrogen) atoms. The third-order valence-electron chi connectivity index (χ3n) is 2.04. The van der Waals surface area contributed by atoms with E-state index in [1.54, 1.807) is 0 Å². The number of amides is 3. The Kier molecular flexibility index (Phi) is 4.18. The minimum atomic E-state index is -0.768. The van der Waals surface area contributed by atoms with Gasteiger partial charge in [0.1, 0.15) is 0 Å². The molecule has 0 aromatic heterocycles. The highest BCUT2D eigenvalue weighted by molar-refractivity contribution is 5.80. The first-order valence-corrected chi connectivity index (χ1v) is 4.64. The van der Waals surface area contributed by atoms with Crippen molar-refractivity contribution in [1.82, 2.24) is 10.9 Å². The van der Waals surface area contributed by atoms with Crippen molar-refractivity contribution in [2.24, 2.45) is 5.73 Å². The standard InChI is InChI=1S/C8H15N3O3/c9-8(13)11-10-7(12)4-3-6-2-1-5-14-6/h6H,1-5H2,(H,10,12)(H3,9,11,13). The van der Waals surface area contributed by atoms with Crippen molar-refractivity contribution in [3.8, 4) is 0 Å². The molecule has 1 saturated heterocycles. The van der Waals surface area contributed by atoms with E-state index in [2.05, 4.69) is 5.43 Å². The molecule has 80 valence electrons. The van der Waals surface area contributed by atoms with Crippen LogP contribution in [0.1, 0.15) is 25.7 Å². The van der Waals surface area contributed by atoms with Gasteiger partial charge in [0.25, 0.3) is 0 Å². The van der Waals surface area contributed by atoms with E-state index in [1.165, 1.54) is 0 Å². The zero-order chi connectivity index (χ0) is 10.4. The molecule has 1 fully saturated rings. The van der Waals surface area contributed by atoms with Gasteiger partial charge in [-0.1, -0.05) is 0 Å². The molecule has 1 unspecified atom stereocenters. The molecular weight excluding hydrogens is 186 g/mol. The Bertz CT molecular complexity index is 214. The van der Waals surface area contributed by atoms with Crippen molar-refractivity contribution in [3.05, 3.63) is 0 Å². The molecule has 1 rings (SSSR count). The second-order valence-electron chi connectivity index (χ2n) is 3.21. The number of urea groups is 1. The lowest BCUT2D eigenvalue weighted by Crippen LogP contribution is -2.44. The fraction of sp³-hybridized carbons (Fsp3) is 0.750. The Morgan fingerprint density at radius 2 is 2.21 bits per heavy atom. The van der Waals surface area contributed by atoms with Crippen LogP contribution in [-0.2, 0) is 9.53 Å². The summed E-state index contributed by atoms with van der Waals surface area (Å²) in [4.78, 5) is 21.3. The third-order valence-corrected chi connectivity index (χ3v) is 2.04. The number of rotatable bonds is 3. The van der Waals surface area contributed by atoms with Gasteiger partial charge in [0.2, 0.25) is 5.91 Å². The number of nitrogens with two attached hydrogens (primary N) is 1. The van der Waals surface area contributed by atoms with E-state index in [1.807, 2.05) is 5.43 Å². The summed E-state index contributed by atoms with van der Waals surface area (Å²) in [5.74, 6) is -0.251. The normalized spacial score (nSPS) is 20.4. The van der Waals surface area contributed by atoms with Crippen LogP contribution >= 0.6 is 0 Å². The molecule has 1 atom stereocenters. The van der Waals surface area contributed by atoms with Crippen LogP contribution in [0, 0.1) is 0 Å². The van der Waals surface area contributed by atoms with Crippen molar-refractivity contribution in [1.29, 1.82) is 0 Å². The molecule has 6 nitrogen and oxygen atoms in total. The van der Waals surface area contributed by atoms with Crippen molar-refractivity contribution in [3.63, 3.8) is 0 Å². The van der Waals surface area contributed by atoms with Crippen molar-refractivity contribution in [2.45, 2.75) is 31.8 Å². The molecule has 0 radical (unpaired) electrons. The molecule has 0 aromatic carbocycles. The zero-order valence-electron chi connectivity index (χ0n) is 7.91.